The van der Waals surface area contributed by atoms with Crippen molar-refractivity contribution in [3.05, 3.63) is 11.3 Å². The second-order valence-corrected chi connectivity index (χ2v) is 4.08. The van der Waals surface area contributed by atoms with E-state index in [1.54, 1.807) is 5.12 Å². The summed E-state index contributed by atoms with van der Waals surface area (Å²) in [7, 11) is 0. The molecule has 1 aliphatic heterocycles. The van der Waals surface area contributed by atoms with Crippen molar-refractivity contribution in [3.8, 4) is 0 Å². The minimum absolute atomic E-state index is 0.136. The van der Waals surface area contributed by atoms with Gasteiger partial charge in [0, 0.05) is 12.5 Å². The molecule has 1 aromatic rings. The molecule has 0 spiro atoms. The van der Waals surface area contributed by atoms with Gasteiger partial charge in [0.15, 0.2) is 5.82 Å². The van der Waals surface area contributed by atoms with Crippen molar-refractivity contribution in [2.75, 3.05) is 6.54 Å². The van der Waals surface area contributed by atoms with E-state index in [9.17, 15) is 0 Å². The van der Waals surface area contributed by atoms with Gasteiger partial charge in [0.2, 0.25) is 0 Å². The smallest absolute Gasteiger partial charge is 0.179 e. The molecule has 1 aromatic heterocycles. The standard InChI is InChI=1S/C8H15N8/c1-5(2)7-11-15-16(12-7)4-6(3)8-9-13-14-10-8/h5-6,15H,4H2,1-3H3,(H-,9,10,11,12,13,14)/q-1. The zero-order valence-electron chi connectivity index (χ0n) is 9.55. The van der Waals surface area contributed by atoms with Gasteiger partial charge in [-0.1, -0.05) is 31.8 Å². The van der Waals surface area contributed by atoms with Crippen molar-refractivity contribution in [2.45, 2.75) is 26.7 Å². The van der Waals surface area contributed by atoms with Crippen LogP contribution in [0.5, 0.6) is 0 Å². The second kappa shape index (κ2) is 4.44. The Labute approximate surface area is 93.4 Å². The molecule has 0 amide bonds. The van der Waals surface area contributed by atoms with E-state index >= 15 is 0 Å². The quantitative estimate of drug-likeness (QED) is 0.769. The third kappa shape index (κ3) is 2.27. The summed E-state index contributed by atoms with van der Waals surface area (Å²) in [6.45, 7) is 6.76. The van der Waals surface area contributed by atoms with Crippen molar-refractivity contribution in [1.29, 1.82) is 0 Å². The third-order valence-corrected chi connectivity index (χ3v) is 2.27. The van der Waals surface area contributed by atoms with Crippen LogP contribution in [0, 0.1) is 5.92 Å². The van der Waals surface area contributed by atoms with E-state index in [1.807, 2.05) is 6.92 Å². The van der Waals surface area contributed by atoms with E-state index in [-0.39, 0.29) is 5.92 Å². The molecule has 0 bridgehead atoms. The predicted octanol–water partition coefficient (Wildman–Crippen LogP) is 0.382. The zero-order valence-corrected chi connectivity index (χ0v) is 9.55. The first-order chi connectivity index (χ1) is 7.66. The van der Waals surface area contributed by atoms with Crippen LogP contribution in [0.4, 0.5) is 0 Å². The van der Waals surface area contributed by atoms with Crippen molar-refractivity contribution < 1.29 is 0 Å². The number of hydrogen-bond acceptors (Lipinski definition) is 6. The minimum Gasteiger partial charge on any atom is -0.386 e. The number of nitrogens with one attached hydrogen (secondary N) is 2. The summed E-state index contributed by atoms with van der Waals surface area (Å²) in [5.41, 5.74) is 6.96. The van der Waals surface area contributed by atoms with E-state index < -0.39 is 0 Å². The van der Waals surface area contributed by atoms with Crippen molar-refractivity contribution in [3.63, 3.8) is 0 Å². The van der Waals surface area contributed by atoms with Crippen molar-refractivity contribution >= 4 is 5.84 Å². The van der Waals surface area contributed by atoms with Gasteiger partial charge >= 0.3 is 0 Å². The number of amidine groups is 1. The Morgan fingerprint density at radius 3 is 2.75 bits per heavy atom. The molecule has 0 fully saturated rings. The fourth-order valence-corrected chi connectivity index (χ4v) is 1.32. The second-order valence-electron chi connectivity index (χ2n) is 4.08. The average Bonchev–Trinajstić information content (AvgIpc) is 2.87. The van der Waals surface area contributed by atoms with Crippen LogP contribution in [0.2, 0.25) is 0 Å². The average molecular weight is 223 g/mol. The van der Waals surface area contributed by atoms with Gasteiger partial charge in [0.25, 0.3) is 0 Å². The number of aromatic amines is 1. The van der Waals surface area contributed by atoms with Crippen LogP contribution in [0.25, 0.3) is 5.43 Å². The Morgan fingerprint density at radius 2 is 2.19 bits per heavy atom. The molecule has 8 heteroatoms. The molecule has 0 aliphatic carbocycles. The van der Waals surface area contributed by atoms with Crippen LogP contribution in [-0.2, 0) is 0 Å². The largest absolute Gasteiger partial charge is 0.386 e. The molecule has 1 aliphatic rings. The lowest BCUT2D eigenvalue weighted by atomic mass is 10.2. The number of hydrazine groups is 1. The van der Waals surface area contributed by atoms with Crippen LogP contribution < -0.4 is 5.53 Å². The molecular formula is C8H15N8-. The maximum absolute atomic E-state index is 4.32. The van der Waals surface area contributed by atoms with E-state index in [4.69, 9.17) is 0 Å². The molecule has 1 unspecified atom stereocenters. The Balaban J connectivity index is 1.92. The molecule has 0 aromatic carbocycles. The molecule has 8 nitrogen and oxygen atoms in total. The number of tetrazole rings is 1. The summed E-state index contributed by atoms with van der Waals surface area (Å²) in [6.07, 6.45) is 0. The van der Waals surface area contributed by atoms with Gasteiger partial charge in [0.05, 0.1) is 0 Å². The summed E-state index contributed by atoms with van der Waals surface area (Å²) >= 11 is 0. The molecule has 88 valence electrons. The van der Waals surface area contributed by atoms with E-state index in [0.29, 0.717) is 18.3 Å². The lowest BCUT2D eigenvalue weighted by molar-refractivity contribution is 0.229. The van der Waals surface area contributed by atoms with Crippen LogP contribution in [0.15, 0.2) is 5.10 Å². The number of rotatable bonds is 4. The fourth-order valence-electron chi connectivity index (χ4n) is 1.32. The third-order valence-electron chi connectivity index (χ3n) is 2.27. The van der Waals surface area contributed by atoms with Gasteiger partial charge in [-0.3, -0.25) is 0 Å². The van der Waals surface area contributed by atoms with Gasteiger partial charge < -0.3 is 15.6 Å². The number of hydrazone groups is 1. The van der Waals surface area contributed by atoms with Gasteiger partial charge in [-0.05, 0) is 5.92 Å². The van der Waals surface area contributed by atoms with E-state index in [1.165, 1.54) is 0 Å². The normalized spacial score (nSPS) is 17.5. The topological polar surface area (TPSA) is 96.2 Å². The predicted molar refractivity (Wildman–Crippen MR) is 58.1 cm³/mol. The first kappa shape index (κ1) is 10.8. The maximum atomic E-state index is 4.32. The van der Waals surface area contributed by atoms with Gasteiger partial charge in [-0.15, -0.1) is 10.2 Å². The monoisotopic (exact) mass is 223 g/mol. The SMILES string of the molecule is CC(C)C1=NN(CC(C)c2nn[nH]n2)N[N-]1. The summed E-state index contributed by atoms with van der Waals surface area (Å²) in [4.78, 5) is 0. The fraction of sp³-hybridized carbons (Fsp3) is 0.750. The van der Waals surface area contributed by atoms with Gasteiger partial charge in [0.1, 0.15) is 0 Å². The first-order valence-corrected chi connectivity index (χ1v) is 5.22. The van der Waals surface area contributed by atoms with Gasteiger partial charge in [-0.2, -0.15) is 5.21 Å². The summed E-state index contributed by atoms with van der Waals surface area (Å²) in [5.74, 6) is 1.94. The van der Waals surface area contributed by atoms with Crippen LogP contribution >= 0.6 is 0 Å². The number of hydrogen-bond donors (Lipinski definition) is 2. The van der Waals surface area contributed by atoms with E-state index in [0.717, 1.165) is 5.84 Å². The number of aromatic nitrogens is 4. The first-order valence-electron chi connectivity index (χ1n) is 5.22. The Kier molecular flexibility index (Phi) is 3.00. The molecule has 2 heterocycles. The molecule has 2 rings (SSSR count). The highest BCUT2D eigenvalue weighted by atomic mass is 15.9. The summed E-state index contributed by atoms with van der Waals surface area (Å²) in [6, 6.07) is 0. The molecule has 0 radical (unpaired) electrons. The molecule has 16 heavy (non-hydrogen) atoms. The van der Waals surface area contributed by atoms with Crippen molar-refractivity contribution in [1.82, 2.24) is 31.3 Å². The highest BCUT2D eigenvalue weighted by molar-refractivity contribution is 5.95. The van der Waals surface area contributed by atoms with Crippen LogP contribution in [0.3, 0.4) is 0 Å². The Hall–Kier alpha value is -1.70. The lowest BCUT2D eigenvalue weighted by Crippen LogP contribution is -2.29. The Bertz CT molecular complexity index is 356. The number of H-pyrrole nitrogens is 1. The van der Waals surface area contributed by atoms with Crippen LogP contribution in [0.1, 0.15) is 32.5 Å². The van der Waals surface area contributed by atoms with Gasteiger partial charge in [-0.25, -0.2) is 5.53 Å². The molecule has 0 saturated heterocycles. The molecule has 2 N–H and O–H groups in total. The summed E-state index contributed by atoms with van der Waals surface area (Å²) < 4.78 is 0. The maximum Gasteiger partial charge on any atom is 0.179 e. The molecule has 1 atom stereocenters. The molecule has 0 saturated carbocycles. The molecular weight excluding hydrogens is 208 g/mol. The number of nitrogens with zero attached hydrogens (tertiary/aromatic N) is 6. The zero-order chi connectivity index (χ0) is 11.5. The highest BCUT2D eigenvalue weighted by Crippen LogP contribution is 2.15. The minimum atomic E-state index is 0.136. The highest BCUT2D eigenvalue weighted by Gasteiger charge is 2.14. The lowest BCUT2D eigenvalue weighted by Gasteiger charge is -2.23. The summed E-state index contributed by atoms with van der Waals surface area (Å²) in [5, 5.41) is 19.8. The van der Waals surface area contributed by atoms with E-state index in [2.05, 4.69) is 50.5 Å². The van der Waals surface area contributed by atoms with Crippen molar-refractivity contribution in [2.24, 2.45) is 11.0 Å². The van der Waals surface area contributed by atoms with Crippen LogP contribution in [-0.4, -0.2) is 38.1 Å². The Morgan fingerprint density at radius 1 is 1.38 bits per heavy atom.